The Hall–Kier alpha value is -0.940. The lowest BCUT2D eigenvalue weighted by atomic mass is 10.1. The summed E-state index contributed by atoms with van der Waals surface area (Å²) in [6, 6.07) is 3.62. The first-order valence-electron chi connectivity index (χ1n) is 4.42. The van der Waals surface area contributed by atoms with E-state index in [9.17, 15) is 13.2 Å². The van der Waals surface area contributed by atoms with Gasteiger partial charge >= 0.3 is 6.18 Å². The van der Waals surface area contributed by atoms with E-state index in [4.69, 9.17) is 10.5 Å². The molecule has 0 aromatic heterocycles. The molecule has 0 saturated heterocycles. The second kappa shape index (κ2) is 5.96. The number of nitrogens with two attached hydrogens (primary N) is 1. The van der Waals surface area contributed by atoms with Crippen molar-refractivity contribution in [3.63, 3.8) is 0 Å². The number of alkyl halides is 3. The SMILES string of the molecule is COc1cc(CCN)cc(C(F)(F)F)c1.Cl. The summed E-state index contributed by atoms with van der Waals surface area (Å²) in [6.45, 7) is 0.310. The van der Waals surface area contributed by atoms with Gasteiger partial charge in [-0.3, -0.25) is 0 Å². The van der Waals surface area contributed by atoms with Gasteiger partial charge in [0.1, 0.15) is 5.75 Å². The van der Waals surface area contributed by atoms with E-state index < -0.39 is 11.7 Å². The summed E-state index contributed by atoms with van der Waals surface area (Å²) < 4.78 is 42.1. The maximum atomic E-state index is 12.4. The summed E-state index contributed by atoms with van der Waals surface area (Å²) >= 11 is 0. The van der Waals surface area contributed by atoms with Gasteiger partial charge in [-0.05, 0) is 36.7 Å². The van der Waals surface area contributed by atoms with Crippen molar-refractivity contribution < 1.29 is 17.9 Å². The van der Waals surface area contributed by atoms with Gasteiger partial charge in [0.15, 0.2) is 0 Å². The highest BCUT2D eigenvalue weighted by atomic mass is 35.5. The molecule has 2 N–H and O–H groups in total. The van der Waals surface area contributed by atoms with Gasteiger partial charge in [-0.15, -0.1) is 12.4 Å². The molecule has 0 aliphatic rings. The van der Waals surface area contributed by atoms with Crippen LogP contribution in [0.5, 0.6) is 5.75 Å². The van der Waals surface area contributed by atoms with Crippen LogP contribution in [0.3, 0.4) is 0 Å². The summed E-state index contributed by atoms with van der Waals surface area (Å²) in [6.07, 6.45) is -3.95. The fraction of sp³-hybridized carbons (Fsp3) is 0.400. The summed E-state index contributed by atoms with van der Waals surface area (Å²) in [5.74, 6) is 0.202. The number of benzene rings is 1. The molecule has 0 saturated carbocycles. The molecule has 6 heteroatoms. The van der Waals surface area contributed by atoms with E-state index in [1.165, 1.54) is 7.11 Å². The van der Waals surface area contributed by atoms with E-state index >= 15 is 0 Å². The van der Waals surface area contributed by atoms with Crippen molar-refractivity contribution in [2.75, 3.05) is 13.7 Å². The van der Waals surface area contributed by atoms with Crippen LogP contribution < -0.4 is 10.5 Å². The minimum atomic E-state index is -4.35. The van der Waals surface area contributed by atoms with E-state index in [0.29, 0.717) is 18.5 Å². The third-order valence-electron chi connectivity index (χ3n) is 1.96. The molecule has 0 spiro atoms. The third kappa shape index (κ3) is 3.90. The molecular formula is C10H13ClF3NO. The van der Waals surface area contributed by atoms with Crippen LogP contribution >= 0.6 is 12.4 Å². The van der Waals surface area contributed by atoms with E-state index in [2.05, 4.69) is 0 Å². The average Bonchev–Trinajstić information content (AvgIpc) is 2.16. The summed E-state index contributed by atoms with van der Waals surface area (Å²) in [5.41, 5.74) is 5.12. The van der Waals surface area contributed by atoms with Crippen LogP contribution in [-0.2, 0) is 12.6 Å². The Labute approximate surface area is 98.0 Å². The smallest absolute Gasteiger partial charge is 0.416 e. The number of hydrogen-bond donors (Lipinski definition) is 1. The van der Waals surface area contributed by atoms with Gasteiger partial charge in [0.05, 0.1) is 12.7 Å². The lowest BCUT2D eigenvalue weighted by molar-refractivity contribution is -0.137. The molecule has 0 radical (unpaired) electrons. The largest absolute Gasteiger partial charge is 0.497 e. The second-order valence-corrected chi connectivity index (χ2v) is 3.11. The third-order valence-corrected chi connectivity index (χ3v) is 1.96. The predicted molar refractivity (Wildman–Crippen MR) is 58.0 cm³/mol. The van der Waals surface area contributed by atoms with Crippen molar-refractivity contribution in [3.8, 4) is 5.75 Å². The molecule has 0 fully saturated rings. The van der Waals surface area contributed by atoms with Gasteiger partial charge in [0.2, 0.25) is 0 Å². The standard InChI is InChI=1S/C10H12F3NO.ClH/c1-15-9-5-7(2-3-14)4-8(6-9)10(11,12)13;/h4-6H,2-3,14H2,1H3;1H. The van der Waals surface area contributed by atoms with Gasteiger partial charge < -0.3 is 10.5 Å². The number of ether oxygens (including phenoxy) is 1. The van der Waals surface area contributed by atoms with Crippen molar-refractivity contribution >= 4 is 12.4 Å². The molecule has 0 aliphatic heterocycles. The van der Waals surface area contributed by atoms with Crippen molar-refractivity contribution in [1.29, 1.82) is 0 Å². The number of hydrogen-bond acceptors (Lipinski definition) is 2. The minimum absolute atomic E-state index is 0. The molecule has 0 bridgehead atoms. The highest BCUT2D eigenvalue weighted by Crippen LogP contribution is 2.32. The van der Waals surface area contributed by atoms with Crippen molar-refractivity contribution in [2.45, 2.75) is 12.6 Å². The highest BCUT2D eigenvalue weighted by Gasteiger charge is 2.31. The van der Waals surface area contributed by atoms with E-state index in [1.54, 1.807) is 6.07 Å². The van der Waals surface area contributed by atoms with Crippen LogP contribution in [0.25, 0.3) is 0 Å². The summed E-state index contributed by atoms with van der Waals surface area (Å²) in [5, 5.41) is 0. The zero-order valence-electron chi connectivity index (χ0n) is 8.67. The van der Waals surface area contributed by atoms with Crippen LogP contribution in [0.2, 0.25) is 0 Å². The zero-order valence-corrected chi connectivity index (χ0v) is 9.49. The molecule has 0 heterocycles. The first-order valence-corrected chi connectivity index (χ1v) is 4.42. The quantitative estimate of drug-likeness (QED) is 0.901. The van der Waals surface area contributed by atoms with Gasteiger partial charge in [0.25, 0.3) is 0 Å². The minimum Gasteiger partial charge on any atom is -0.497 e. The Morgan fingerprint density at radius 2 is 1.88 bits per heavy atom. The first kappa shape index (κ1) is 15.1. The van der Waals surface area contributed by atoms with Crippen LogP contribution in [0.15, 0.2) is 18.2 Å². The molecule has 0 atom stereocenters. The highest BCUT2D eigenvalue weighted by molar-refractivity contribution is 5.85. The van der Waals surface area contributed by atoms with E-state index in [-0.39, 0.29) is 18.2 Å². The van der Waals surface area contributed by atoms with E-state index in [1.807, 2.05) is 0 Å². The van der Waals surface area contributed by atoms with Gasteiger partial charge in [-0.1, -0.05) is 0 Å². The maximum Gasteiger partial charge on any atom is 0.416 e. The molecule has 1 rings (SSSR count). The molecule has 0 amide bonds. The maximum absolute atomic E-state index is 12.4. The van der Waals surface area contributed by atoms with Crippen molar-refractivity contribution in [3.05, 3.63) is 29.3 Å². The molecule has 2 nitrogen and oxygen atoms in total. The molecule has 1 aromatic rings. The number of methoxy groups -OCH3 is 1. The van der Waals surface area contributed by atoms with Crippen LogP contribution in [0.4, 0.5) is 13.2 Å². The normalized spacial score (nSPS) is 10.8. The monoisotopic (exact) mass is 255 g/mol. The topological polar surface area (TPSA) is 35.2 Å². The second-order valence-electron chi connectivity index (χ2n) is 3.11. The summed E-state index contributed by atoms with van der Waals surface area (Å²) in [7, 11) is 1.34. The lowest BCUT2D eigenvalue weighted by Crippen LogP contribution is -2.08. The van der Waals surface area contributed by atoms with Gasteiger partial charge in [0, 0.05) is 0 Å². The van der Waals surface area contributed by atoms with Crippen molar-refractivity contribution in [2.24, 2.45) is 5.73 Å². The molecular weight excluding hydrogens is 243 g/mol. The first-order chi connectivity index (χ1) is 6.97. The zero-order chi connectivity index (χ0) is 11.5. The number of rotatable bonds is 3. The van der Waals surface area contributed by atoms with Gasteiger partial charge in [-0.25, -0.2) is 0 Å². The van der Waals surface area contributed by atoms with Crippen LogP contribution in [0.1, 0.15) is 11.1 Å². The molecule has 0 unspecified atom stereocenters. The Balaban J connectivity index is 0.00000225. The van der Waals surface area contributed by atoms with Gasteiger partial charge in [-0.2, -0.15) is 13.2 Å². The van der Waals surface area contributed by atoms with E-state index in [0.717, 1.165) is 12.1 Å². The molecule has 16 heavy (non-hydrogen) atoms. The Bertz CT molecular complexity index is 341. The number of halogens is 4. The molecule has 1 aromatic carbocycles. The fourth-order valence-electron chi connectivity index (χ4n) is 1.25. The average molecular weight is 256 g/mol. The molecule has 0 aliphatic carbocycles. The summed E-state index contributed by atoms with van der Waals surface area (Å²) in [4.78, 5) is 0. The Morgan fingerprint density at radius 3 is 2.31 bits per heavy atom. The van der Waals surface area contributed by atoms with Crippen molar-refractivity contribution in [1.82, 2.24) is 0 Å². The van der Waals surface area contributed by atoms with Crippen LogP contribution in [-0.4, -0.2) is 13.7 Å². The predicted octanol–water partition coefficient (Wildman–Crippen LogP) is 2.64. The van der Waals surface area contributed by atoms with Crippen LogP contribution in [0, 0.1) is 0 Å². The molecule has 92 valence electrons. The fourth-order valence-corrected chi connectivity index (χ4v) is 1.25. The Morgan fingerprint density at radius 1 is 1.25 bits per heavy atom. The lowest BCUT2D eigenvalue weighted by Gasteiger charge is -2.11. The Kier molecular flexibility index (Phi) is 5.61.